The minimum atomic E-state index is 0.345. The Morgan fingerprint density at radius 2 is 1.12 bits per heavy atom. The number of aromatic hydroxyl groups is 2. The lowest BCUT2D eigenvalue weighted by molar-refractivity contribution is 0.466. The standard InChI is InChI=1S/C24H24O2/c1-15-10-19(11-16(2)23(15)25)14-22(20-8-6-5-7-9-20)21-12-17(3)24(26)18(4)13-21/h5-14,25-26H,1-4H3. The van der Waals surface area contributed by atoms with Crippen LogP contribution >= 0.6 is 0 Å². The first-order chi connectivity index (χ1) is 12.4. The molecular weight excluding hydrogens is 320 g/mol. The number of hydrogen-bond donors (Lipinski definition) is 2. The van der Waals surface area contributed by atoms with Crippen LogP contribution in [0.25, 0.3) is 11.6 Å². The second kappa shape index (κ2) is 7.09. The average Bonchev–Trinajstić information content (AvgIpc) is 2.62. The summed E-state index contributed by atoms with van der Waals surface area (Å²) in [6, 6.07) is 18.2. The molecule has 0 bridgehead atoms. The number of rotatable bonds is 3. The molecule has 0 atom stereocenters. The van der Waals surface area contributed by atoms with E-state index in [1.807, 2.05) is 70.2 Å². The number of phenolic OH excluding ortho intramolecular Hbond substituents is 2. The van der Waals surface area contributed by atoms with Crippen molar-refractivity contribution in [1.82, 2.24) is 0 Å². The first-order valence-electron chi connectivity index (χ1n) is 8.74. The maximum atomic E-state index is 10.1. The van der Waals surface area contributed by atoms with E-state index in [0.29, 0.717) is 11.5 Å². The van der Waals surface area contributed by atoms with Crippen LogP contribution in [0.4, 0.5) is 0 Å². The fourth-order valence-corrected chi connectivity index (χ4v) is 3.30. The second-order valence-corrected chi connectivity index (χ2v) is 6.89. The van der Waals surface area contributed by atoms with Gasteiger partial charge in [0.25, 0.3) is 0 Å². The third-order valence-corrected chi connectivity index (χ3v) is 4.71. The van der Waals surface area contributed by atoms with Crippen molar-refractivity contribution in [1.29, 1.82) is 0 Å². The van der Waals surface area contributed by atoms with Crippen molar-refractivity contribution in [3.8, 4) is 11.5 Å². The van der Waals surface area contributed by atoms with Crippen LogP contribution < -0.4 is 0 Å². The predicted octanol–water partition coefficient (Wildman–Crippen LogP) is 5.92. The predicted molar refractivity (Wildman–Crippen MR) is 109 cm³/mol. The smallest absolute Gasteiger partial charge is 0.121 e. The van der Waals surface area contributed by atoms with Crippen molar-refractivity contribution >= 4 is 11.6 Å². The summed E-state index contributed by atoms with van der Waals surface area (Å²) >= 11 is 0. The van der Waals surface area contributed by atoms with Crippen LogP contribution in [0.3, 0.4) is 0 Å². The first-order valence-corrected chi connectivity index (χ1v) is 8.74. The Morgan fingerprint density at radius 1 is 0.654 bits per heavy atom. The van der Waals surface area contributed by atoms with Crippen LogP contribution in [-0.4, -0.2) is 10.2 Å². The van der Waals surface area contributed by atoms with Crippen LogP contribution in [0.1, 0.15) is 38.9 Å². The van der Waals surface area contributed by atoms with Gasteiger partial charge in [0, 0.05) is 0 Å². The zero-order chi connectivity index (χ0) is 18.8. The fraction of sp³-hybridized carbons (Fsp3) is 0.167. The third-order valence-electron chi connectivity index (χ3n) is 4.71. The van der Waals surface area contributed by atoms with E-state index in [1.54, 1.807) is 0 Å². The van der Waals surface area contributed by atoms with Crippen LogP contribution in [-0.2, 0) is 0 Å². The van der Waals surface area contributed by atoms with Crippen LogP contribution in [0.2, 0.25) is 0 Å². The van der Waals surface area contributed by atoms with Gasteiger partial charge in [-0.2, -0.15) is 0 Å². The zero-order valence-electron chi connectivity index (χ0n) is 15.7. The Kier molecular flexibility index (Phi) is 4.85. The second-order valence-electron chi connectivity index (χ2n) is 6.89. The number of phenols is 2. The molecule has 3 rings (SSSR count). The summed E-state index contributed by atoms with van der Waals surface area (Å²) in [5, 5.41) is 20.2. The fourth-order valence-electron chi connectivity index (χ4n) is 3.30. The van der Waals surface area contributed by atoms with E-state index in [4.69, 9.17) is 0 Å². The molecule has 2 heteroatoms. The number of benzene rings is 3. The molecule has 3 aromatic carbocycles. The molecule has 0 fully saturated rings. The van der Waals surface area contributed by atoms with Crippen molar-refractivity contribution < 1.29 is 10.2 Å². The topological polar surface area (TPSA) is 40.5 Å². The maximum absolute atomic E-state index is 10.1. The minimum absolute atomic E-state index is 0.345. The summed E-state index contributed by atoms with van der Waals surface area (Å²) < 4.78 is 0. The van der Waals surface area contributed by atoms with Gasteiger partial charge >= 0.3 is 0 Å². The molecule has 0 unspecified atom stereocenters. The average molecular weight is 344 g/mol. The van der Waals surface area contributed by atoms with Gasteiger partial charge in [0.1, 0.15) is 11.5 Å². The van der Waals surface area contributed by atoms with E-state index in [9.17, 15) is 10.2 Å². The van der Waals surface area contributed by atoms with Crippen LogP contribution in [0, 0.1) is 27.7 Å². The SMILES string of the molecule is Cc1cc(C=C(c2ccccc2)c2cc(C)c(O)c(C)c2)cc(C)c1O. The molecule has 0 aliphatic carbocycles. The van der Waals surface area contributed by atoms with Gasteiger partial charge in [-0.25, -0.2) is 0 Å². The monoisotopic (exact) mass is 344 g/mol. The largest absolute Gasteiger partial charge is 0.507 e. The Balaban J connectivity index is 2.23. The van der Waals surface area contributed by atoms with Gasteiger partial charge < -0.3 is 10.2 Å². The highest BCUT2D eigenvalue weighted by Crippen LogP contribution is 2.33. The molecule has 0 aromatic heterocycles. The highest BCUT2D eigenvalue weighted by atomic mass is 16.3. The quantitative estimate of drug-likeness (QED) is 0.579. The minimum Gasteiger partial charge on any atom is -0.507 e. The highest BCUT2D eigenvalue weighted by Gasteiger charge is 2.11. The molecule has 0 aliphatic rings. The van der Waals surface area contributed by atoms with Gasteiger partial charge in [0.05, 0.1) is 0 Å². The lowest BCUT2D eigenvalue weighted by Gasteiger charge is -2.13. The maximum Gasteiger partial charge on any atom is 0.121 e. The molecule has 3 aromatic rings. The lowest BCUT2D eigenvalue weighted by Crippen LogP contribution is -1.92. The molecule has 2 N–H and O–H groups in total. The van der Waals surface area contributed by atoms with Gasteiger partial charge in [-0.15, -0.1) is 0 Å². The van der Waals surface area contributed by atoms with Gasteiger partial charge in [-0.3, -0.25) is 0 Å². The van der Waals surface area contributed by atoms with Gasteiger partial charge in [-0.05, 0) is 103 Å². The van der Waals surface area contributed by atoms with Crippen molar-refractivity contribution in [3.05, 3.63) is 93.5 Å². The van der Waals surface area contributed by atoms with E-state index in [-0.39, 0.29) is 0 Å². The van der Waals surface area contributed by atoms with Crippen molar-refractivity contribution in [3.63, 3.8) is 0 Å². The Labute approximate surface area is 155 Å². The Morgan fingerprint density at radius 3 is 1.62 bits per heavy atom. The Hall–Kier alpha value is -3.00. The zero-order valence-corrected chi connectivity index (χ0v) is 15.7. The van der Waals surface area contributed by atoms with E-state index < -0.39 is 0 Å². The van der Waals surface area contributed by atoms with Crippen molar-refractivity contribution in [2.24, 2.45) is 0 Å². The summed E-state index contributed by atoms with van der Waals surface area (Å²) in [7, 11) is 0. The molecule has 132 valence electrons. The first kappa shape index (κ1) is 17.8. The molecule has 0 amide bonds. The number of aryl methyl sites for hydroxylation is 4. The number of hydrogen-bond acceptors (Lipinski definition) is 2. The molecule has 0 aliphatic heterocycles. The van der Waals surface area contributed by atoms with Crippen molar-refractivity contribution in [2.45, 2.75) is 27.7 Å². The summed E-state index contributed by atoms with van der Waals surface area (Å²) in [4.78, 5) is 0. The lowest BCUT2D eigenvalue weighted by atomic mass is 9.92. The van der Waals surface area contributed by atoms with Gasteiger partial charge in [0.15, 0.2) is 0 Å². The summed E-state index contributed by atoms with van der Waals surface area (Å²) in [6.07, 6.45) is 2.14. The van der Waals surface area contributed by atoms with E-state index in [0.717, 1.165) is 44.5 Å². The van der Waals surface area contributed by atoms with E-state index >= 15 is 0 Å². The summed E-state index contributed by atoms with van der Waals surface area (Å²) in [5.74, 6) is 0.692. The van der Waals surface area contributed by atoms with Crippen molar-refractivity contribution in [2.75, 3.05) is 0 Å². The molecule has 0 saturated carbocycles. The molecule has 0 spiro atoms. The molecule has 0 radical (unpaired) electrons. The molecule has 26 heavy (non-hydrogen) atoms. The van der Waals surface area contributed by atoms with Gasteiger partial charge in [0.2, 0.25) is 0 Å². The molecule has 0 saturated heterocycles. The summed E-state index contributed by atoms with van der Waals surface area (Å²) in [6.45, 7) is 7.67. The highest BCUT2D eigenvalue weighted by molar-refractivity contribution is 5.92. The molecular formula is C24H24O2. The summed E-state index contributed by atoms with van der Waals surface area (Å²) in [5.41, 5.74) is 7.75. The van der Waals surface area contributed by atoms with Crippen LogP contribution in [0.15, 0.2) is 54.6 Å². The molecule has 2 nitrogen and oxygen atoms in total. The van der Waals surface area contributed by atoms with E-state index in [2.05, 4.69) is 18.2 Å². The molecule has 0 heterocycles. The third kappa shape index (κ3) is 3.50. The van der Waals surface area contributed by atoms with E-state index in [1.165, 1.54) is 0 Å². The Bertz CT molecular complexity index is 936. The normalized spacial score (nSPS) is 11.6. The van der Waals surface area contributed by atoms with Crippen LogP contribution in [0.5, 0.6) is 11.5 Å². The van der Waals surface area contributed by atoms with Gasteiger partial charge in [-0.1, -0.05) is 30.3 Å².